The summed E-state index contributed by atoms with van der Waals surface area (Å²) in [6.07, 6.45) is 2.78. The molecule has 1 aromatic heterocycles. The molecule has 4 nitrogen and oxygen atoms in total. The molecule has 1 rings (SSSR count). The molecule has 0 unspecified atom stereocenters. The molecule has 0 saturated heterocycles. The zero-order valence-electron chi connectivity index (χ0n) is 8.35. The zero-order valence-corrected chi connectivity index (χ0v) is 9.17. The Morgan fingerprint density at radius 3 is 2.67 bits per heavy atom. The van der Waals surface area contributed by atoms with Crippen LogP contribution in [-0.4, -0.2) is 26.2 Å². The number of esters is 2. The molecule has 0 aliphatic carbocycles. The molecule has 0 spiro atoms. The molecule has 0 amide bonds. The van der Waals surface area contributed by atoms with Gasteiger partial charge in [-0.1, -0.05) is 0 Å². The van der Waals surface area contributed by atoms with Crippen LogP contribution in [-0.2, 0) is 14.3 Å². The van der Waals surface area contributed by atoms with Crippen LogP contribution in [0.2, 0.25) is 0 Å². The van der Waals surface area contributed by atoms with Gasteiger partial charge in [-0.15, -0.1) is 11.3 Å². The second kappa shape index (κ2) is 5.31. The molecule has 15 heavy (non-hydrogen) atoms. The summed E-state index contributed by atoms with van der Waals surface area (Å²) in [7, 11) is 2.61. The van der Waals surface area contributed by atoms with Crippen LogP contribution >= 0.6 is 11.3 Å². The molecule has 0 radical (unpaired) electrons. The van der Waals surface area contributed by atoms with Crippen LogP contribution in [0.4, 0.5) is 0 Å². The third-order valence-corrected chi connectivity index (χ3v) is 2.58. The highest BCUT2D eigenvalue weighted by atomic mass is 32.1. The maximum Gasteiger partial charge on any atom is 0.348 e. The van der Waals surface area contributed by atoms with E-state index in [0.717, 1.165) is 0 Å². The van der Waals surface area contributed by atoms with Gasteiger partial charge in [0.2, 0.25) is 0 Å². The molecule has 0 fully saturated rings. The van der Waals surface area contributed by atoms with Crippen LogP contribution in [0.5, 0.6) is 0 Å². The number of methoxy groups -OCH3 is 2. The third-order valence-electron chi connectivity index (χ3n) is 1.67. The summed E-state index contributed by atoms with van der Waals surface area (Å²) >= 11 is 1.26. The van der Waals surface area contributed by atoms with E-state index in [2.05, 4.69) is 9.47 Å². The quantitative estimate of drug-likeness (QED) is 0.581. The third kappa shape index (κ3) is 2.92. The highest BCUT2D eigenvalue weighted by Gasteiger charge is 2.11. The lowest BCUT2D eigenvalue weighted by Crippen LogP contribution is -2.00. The number of hydrogen-bond donors (Lipinski definition) is 0. The first kappa shape index (κ1) is 11.5. The number of rotatable bonds is 3. The van der Waals surface area contributed by atoms with Crippen molar-refractivity contribution >= 4 is 29.4 Å². The average Bonchev–Trinajstić information content (AvgIpc) is 2.72. The predicted molar refractivity (Wildman–Crippen MR) is 56.7 cm³/mol. The lowest BCUT2D eigenvalue weighted by atomic mass is 10.2. The minimum absolute atomic E-state index is 0.408. The Morgan fingerprint density at radius 1 is 1.33 bits per heavy atom. The SMILES string of the molecule is COC(=O)C=Cc1ccsc1C(=O)OC. The summed E-state index contributed by atoms with van der Waals surface area (Å²) in [4.78, 5) is 22.6. The Hall–Kier alpha value is -1.62. The van der Waals surface area contributed by atoms with Gasteiger partial charge in [-0.3, -0.25) is 0 Å². The summed E-state index contributed by atoms with van der Waals surface area (Å²) in [5.41, 5.74) is 0.650. The van der Waals surface area contributed by atoms with Crippen molar-refractivity contribution in [3.05, 3.63) is 28.0 Å². The Bertz CT molecular complexity index is 392. The largest absolute Gasteiger partial charge is 0.466 e. The number of hydrogen-bond acceptors (Lipinski definition) is 5. The van der Waals surface area contributed by atoms with Gasteiger partial charge in [0.05, 0.1) is 14.2 Å². The van der Waals surface area contributed by atoms with Crippen LogP contribution in [0.1, 0.15) is 15.2 Å². The van der Waals surface area contributed by atoms with Crippen molar-refractivity contribution in [3.8, 4) is 0 Å². The minimum Gasteiger partial charge on any atom is -0.466 e. The second-order valence-electron chi connectivity index (χ2n) is 2.55. The van der Waals surface area contributed by atoms with Crippen LogP contribution in [0.15, 0.2) is 17.5 Å². The molecule has 0 atom stereocenters. The van der Waals surface area contributed by atoms with Crippen molar-refractivity contribution in [3.63, 3.8) is 0 Å². The molecule has 0 saturated carbocycles. The Balaban J connectivity index is 2.86. The standard InChI is InChI=1S/C10H10O4S/c1-13-8(11)4-3-7-5-6-15-9(7)10(12)14-2/h3-6H,1-2H3. The van der Waals surface area contributed by atoms with E-state index in [1.54, 1.807) is 11.4 Å². The summed E-state index contributed by atoms with van der Waals surface area (Å²) in [6.45, 7) is 0. The second-order valence-corrected chi connectivity index (χ2v) is 3.47. The topological polar surface area (TPSA) is 52.6 Å². The maximum atomic E-state index is 11.2. The first-order valence-corrected chi connectivity index (χ1v) is 4.99. The lowest BCUT2D eigenvalue weighted by Gasteiger charge is -1.96. The molecule has 1 heterocycles. The van der Waals surface area contributed by atoms with Crippen LogP contribution in [0, 0.1) is 0 Å². The molecular formula is C10H10O4S. The summed E-state index contributed by atoms with van der Waals surface area (Å²) in [5, 5.41) is 1.75. The van der Waals surface area contributed by atoms with Gasteiger partial charge in [-0.05, 0) is 17.5 Å². The fourth-order valence-electron chi connectivity index (χ4n) is 0.935. The van der Waals surface area contributed by atoms with E-state index < -0.39 is 11.9 Å². The van der Waals surface area contributed by atoms with Crippen LogP contribution < -0.4 is 0 Å². The maximum absolute atomic E-state index is 11.2. The van der Waals surface area contributed by atoms with E-state index in [1.165, 1.54) is 37.7 Å². The van der Waals surface area contributed by atoms with Crippen molar-refractivity contribution in [2.24, 2.45) is 0 Å². The van der Waals surface area contributed by atoms with Crippen molar-refractivity contribution < 1.29 is 19.1 Å². The Labute approximate surface area is 91.1 Å². The first-order chi connectivity index (χ1) is 7.19. The molecule has 80 valence electrons. The van der Waals surface area contributed by atoms with Gasteiger partial charge < -0.3 is 9.47 Å². The van der Waals surface area contributed by atoms with Gasteiger partial charge in [0.25, 0.3) is 0 Å². The summed E-state index contributed by atoms with van der Waals surface area (Å²) < 4.78 is 9.03. The normalized spacial score (nSPS) is 10.3. The van der Waals surface area contributed by atoms with Crippen molar-refractivity contribution in [1.29, 1.82) is 0 Å². The molecule has 0 bridgehead atoms. The summed E-state index contributed by atoms with van der Waals surface area (Å²) in [5.74, 6) is -0.869. The van der Waals surface area contributed by atoms with Gasteiger partial charge in [-0.2, -0.15) is 0 Å². The Kier molecular flexibility index (Phi) is 4.05. The number of carbonyl (C=O) groups is 2. The van der Waals surface area contributed by atoms with Crippen LogP contribution in [0.3, 0.4) is 0 Å². The summed E-state index contributed by atoms with van der Waals surface area (Å²) in [6, 6.07) is 1.73. The Morgan fingerprint density at radius 2 is 2.07 bits per heavy atom. The van der Waals surface area contributed by atoms with E-state index in [-0.39, 0.29) is 0 Å². The van der Waals surface area contributed by atoms with Crippen molar-refractivity contribution in [2.75, 3.05) is 14.2 Å². The highest BCUT2D eigenvalue weighted by Crippen LogP contribution is 2.19. The van der Waals surface area contributed by atoms with E-state index in [9.17, 15) is 9.59 Å². The van der Waals surface area contributed by atoms with E-state index in [4.69, 9.17) is 0 Å². The van der Waals surface area contributed by atoms with E-state index in [1.807, 2.05) is 0 Å². The minimum atomic E-state index is -0.461. The van der Waals surface area contributed by atoms with Crippen molar-refractivity contribution in [1.82, 2.24) is 0 Å². The lowest BCUT2D eigenvalue weighted by molar-refractivity contribution is -0.134. The monoisotopic (exact) mass is 226 g/mol. The molecule has 5 heteroatoms. The molecule has 0 aliphatic heterocycles. The predicted octanol–water partition coefficient (Wildman–Crippen LogP) is 1.72. The van der Waals surface area contributed by atoms with Gasteiger partial charge in [0.15, 0.2) is 0 Å². The fourth-order valence-corrected chi connectivity index (χ4v) is 1.74. The van der Waals surface area contributed by atoms with Crippen LogP contribution in [0.25, 0.3) is 6.08 Å². The molecule has 1 aromatic rings. The van der Waals surface area contributed by atoms with Gasteiger partial charge in [0, 0.05) is 11.6 Å². The highest BCUT2D eigenvalue weighted by molar-refractivity contribution is 7.12. The number of carbonyl (C=O) groups excluding carboxylic acids is 2. The van der Waals surface area contributed by atoms with E-state index >= 15 is 0 Å². The zero-order chi connectivity index (χ0) is 11.3. The number of ether oxygens (including phenoxy) is 2. The molecule has 0 N–H and O–H groups in total. The smallest absolute Gasteiger partial charge is 0.348 e. The van der Waals surface area contributed by atoms with Gasteiger partial charge >= 0.3 is 11.9 Å². The van der Waals surface area contributed by atoms with Gasteiger partial charge in [-0.25, -0.2) is 9.59 Å². The van der Waals surface area contributed by atoms with Crippen molar-refractivity contribution in [2.45, 2.75) is 0 Å². The number of thiophene rings is 1. The van der Waals surface area contributed by atoms with E-state index in [0.29, 0.717) is 10.4 Å². The molecule has 0 aromatic carbocycles. The first-order valence-electron chi connectivity index (χ1n) is 4.11. The average molecular weight is 226 g/mol. The van der Waals surface area contributed by atoms with Gasteiger partial charge in [0.1, 0.15) is 4.88 Å². The fraction of sp³-hybridized carbons (Fsp3) is 0.200. The molecule has 0 aliphatic rings. The molecular weight excluding hydrogens is 216 g/mol.